The van der Waals surface area contributed by atoms with Crippen molar-refractivity contribution in [2.45, 2.75) is 206 Å². The van der Waals surface area contributed by atoms with Gasteiger partial charge in [-0.25, -0.2) is 4.79 Å². The molecule has 0 fully saturated rings. The first-order valence-corrected chi connectivity index (χ1v) is 23.2. The Hall–Kier alpha value is -2.71. The number of nitrogens with zero attached hydrogens (tertiary/aromatic N) is 1. The van der Waals surface area contributed by atoms with Crippen molar-refractivity contribution in [3.8, 4) is 0 Å². The first-order valence-electron chi connectivity index (χ1n) is 23.2. The molecule has 0 bridgehead atoms. The van der Waals surface area contributed by atoms with Gasteiger partial charge >= 0.3 is 17.9 Å². The van der Waals surface area contributed by atoms with Gasteiger partial charge in [-0.05, 0) is 64.2 Å². The molecular formula is C49H88NO7+. The first-order chi connectivity index (χ1) is 27.6. The smallest absolute Gasteiger partial charge is 0.362 e. The highest BCUT2D eigenvalue weighted by Crippen LogP contribution is 2.15. The van der Waals surface area contributed by atoms with E-state index >= 15 is 0 Å². The molecule has 57 heavy (non-hydrogen) atoms. The van der Waals surface area contributed by atoms with Crippen molar-refractivity contribution in [3.63, 3.8) is 0 Å². The number of carbonyl (C=O) groups is 3. The van der Waals surface area contributed by atoms with E-state index in [4.69, 9.17) is 14.2 Å². The average molecular weight is 803 g/mol. The van der Waals surface area contributed by atoms with Gasteiger partial charge in [0.05, 0.1) is 34.4 Å². The molecule has 0 heterocycles. The topological polar surface area (TPSA) is 99.1 Å². The van der Waals surface area contributed by atoms with Gasteiger partial charge in [-0.3, -0.25) is 9.59 Å². The van der Waals surface area contributed by atoms with Gasteiger partial charge in [0.15, 0.2) is 12.1 Å². The number of unbranched alkanes of at least 4 members (excludes halogenated alkanes) is 19. The summed E-state index contributed by atoms with van der Waals surface area (Å²) in [6, 6.07) is -0.615. The molecule has 2 atom stereocenters. The quantitative estimate of drug-likeness (QED) is 0.0284. The summed E-state index contributed by atoms with van der Waals surface area (Å²) in [6.07, 6.45) is 47.4. The molecule has 1 N–H and O–H groups in total. The van der Waals surface area contributed by atoms with Gasteiger partial charge in [-0.15, -0.1) is 0 Å². The summed E-state index contributed by atoms with van der Waals surface area (Å²) in [6.45, 7) is 4.57. The Balaban J connectivity index is 4.20. The number of ether oxygens (including phenoxy) is 3. The number of carbonyl (C=O) groups excluding carboxylic acids is 2. The van der Waals surface area contributed by atoms with Gasteiger partial charge in [0.2, 0.25) is 0 Å². The van der Waals surface area contributed by atoms with Gasteiger partial charge < -0.3 is 23.8 Å². The summed E-state index contributed by atoms with van der Waals surface area (Å²) in [5, 5.41) is 9.62. The molecule has 0 aromatic carbocycles. The largest absolute Gasteiger partial charge is 0.477 e. The number of hydrogen-bond acceptors (Lipinski definition) is 6. The third kappa shape index (κ3) is 38.6. The van der Waals surface area contributed by atoms with Crippen molar-refractivity contribution in [3.05, 3.63) is 48.6 Å². The van der Waals surface area contributed by atoms with E-state index in [1.807, 2.05) is 21.1 Å². The van der Waals surface area contributed by atoms with E-state index in [0.717, 1.165) is 77.0 Å². The number of likely N-dealkylation sites (N-methyl/N-ethyl adjacent to an activating group) is 1. The molecule has 330 valence electrons. The molecule has 0 radical (unpaired) electrons. The first kappa shape index (κ1) is 54.3. The average Bonchev–Trinajstić information content (AvgIpc) is 3.17. The number of quaternary nitrogens is 1. The van der Waals surface area contributed by atoms with Crippen LogP contribution >= 0.6 is 0 Å². The number of hydrogen-bond donors (Lipinski definition) is 1. The molecule has 0 spiro atoms. The van der Waals surface area contributed by atoms with Crippen LogP contribution in [0.3, 0.4) is 0 Å². The predicted molar refractivity (Wildman–Crippen MR) is 238 cm³/mol. The van der Waals surface area contributed by atoms with Gasteiger partial charge in [0.25, 0.3) is 0 Å². The van der Waals surface area contributed by atoms with E-state index in [1.54, 1.807) is 0 Å². The van der Waals surface area contributed by atoms with E-state index in [-0.39, 0.29) is 36.2 Å². The maximum absolute atomic E-state index is 12.7. The molecule has 0 aromatic heterocycles. The van der Waals surface area contributed by atoms with Crippen molar-refractivity contribution in [2.75, 3.05) is 41.0 Å². The minimum atomic E-state index is -0.877. The molecule has 0 rings (SSSR count). The summed E-state index contributed by atoms with van der Waals surface area (Å²) in [5.74, 6) is -1.48. The lowest BCUT2D eigenvalue weighted by Gasteiger charge is -2.31. The molecular weight excluding hydrogens is 715 g/mol. The zero-order chi connectivity index (χ0) is 42.1. The molecule has 0 aliphatic heterocycles. The number of aliphatic carboxylic acids is 1. The number of esters is 2. The minimum absolute atomic E-state index is 0.0570. The lowest BCUT2D eigenvalue weighted by atomic mass is 10.0. The van der Waals surface area contributed by atoms with Gasteiger partial charge in [-0.1, -0.05) is 159 Å². The van der Waals surface area contributed by atoms with E-state index in [0.29, 0.717) is 19.3 Å². The predicted octanol–water partition coefficient (Wildman–Crippen LogP) is 12.8. The van der Waals surface area contributed by atoms with Crippen LogP contribution in [0.2, 0.25) is 0 Å². The van der Waals surface area contributed by atoms with Crippen LogP contribution in [0.4, 0.5) is 0 Å². The van der Waals surface area contributed by atoms with Gasteiger partial charge in [0.1, 0.15) is 6.61 Å². The van der Waals surface area contributed by atoms with E-state index in [9.17, 15) is 19.5 Å². The molecule has 0 aromatic rings. The zero-order valence-electron chi connectivity index (χ0n) is 37.5. The van der Waals surface area contributed by atoms with Crippen molar-refractivity contribution < 1.29 is 38.2 Å². The maximum atomic E-state index is 12.7. The lowest BCUT2D eigenvalue weighted by molar-refractivity contribution is -0.887. The van der Waals surface area contributed by atoms with E-state index in [2.05, 4.69) is 62.5 Å². The van der Waals surface area contributed by atoms with Crippen LogP contribution in [0.25, 0.3) is 0 Å². The van der Waals surface area contributed by atoms with Crippen LogP contribution in [-0.2, 0) is 28.6 Å². The maximum Gasteiger partial charge on any atom is 0.362 e. The summed E-state index contributed by atoms with van der Waals surface area (Å²) < 4.78 is 17.3. The molecule has 2 unspecified atom stereocenters. The Morgan fingerprint density at radius 2 is 0.982 bits per heavy atom. The Bertz CT molecular complexity index is 1070. The molecule has 8 nitrogen and oxygen atoms in total. The zero-order valence-corrected chi connectivity index (χ0v) is 37.5. The third-order valence-electron chi connectivity index (χ3n) is 10.2. The second-order valence-corrected chi connectivity index (χ2v) is 16.6. The lowest BCUT2D eigenvalue weighted by Crippen LogP contribution is -2.50. The van der Waals surface area contributed by atoms with Crippen LogP contribution in [0.15, 0.2) is 48.6 Å². The van der Waals surface area contributed by atoms with Crippen molar-refractivity contribution >= 4 is 17.9 Å². The van der Waals surface area contributed by atoms with Crippen LogP contribution in [0.5, 0.6) is 0 Å². The second kappa shape index (κ2) is 40.1. The Labute approximate surface area is 350 Å². The Kier molecular flexibility index (Phi) is 38.2. The van der Waals surface area contributed by atoms with Gasteiger partial charge in [0, 0.05) is 19.3 Å². The standard InChI is InChI=1S/C49H87NO7/c1-6-8-10-12-14-16-18-19-20-21-22-23-24-25-26-27-28-29-30-32-34-36-38-40-48(52)57-45(43-55-42-41-46(49(53)54)50(3,4)5)44-56-47(51)39-37-35-33-31-17-15-13-11-9-7-2/h8,10,13-16,19-20,45-46H,6-7,9,11-12,17-18,21-44H2,1-5H3/p+1/b10-8+,15-13+,16-14+,20-19+. The summed E-state index contributed by atoms with van der Waals surface area (Å²) in [5.41, 5.74) is 0. The number of allylic oxidation sites excluding steroid dienone is 8. The minimum Gasteiger partial charge on any atom is -0.477 e. The van der Waals surface area contributed by atoms with Crippen molar-refractivity contribution in [1.29, 1.82) is 0 Å². The second-order valence-electron chi connectivity index (χ2n) is 16.6. The molecule has 0 saturated heterocycles. The third-order valence-corrected chi connectivity index (χ3v) is 10.2. The highest BCUT2D eigenvalue weighted by atomic mass is 16.6. The fourth-order valence-corrected chi connectivity index (χ4v) is 6.62. The van der Waals surface area contributed by atoms with Crippen LogP contribution < -0.4 is 0 Å². The van der Waals surface area contributed by atoms with E-state index in [1.165, 1.54) is 83.5 Å². The SMILES string of the molecule is CC/C=C/C/C=C/C/C=C/CCCCCCCCCCCCCCCC(=O)OC(COCCC(C(=O)O)[N+](C)(C)C)COC(=O)CCCCCC/C=C/CCCC. The van der Waals surface area contributed by atoms with Crippen LogP contribution in [0.1, 0.15) is 194 Å². The highest BCUT2D eigenvalue weighted by molar-refractivity contribution is 5.72. The van der Waals surface area contributed by atoms with Crippen LogP contribution in [0, 0.1) is 0 Å². The molecule has 0 saturated carbocycles. The van der Waals surface area contributed by atoms with Crippen molar-refractivity contribution in [1.82, 2.24) is 0 Å². The molecule has 0 aliphatic carbocycles. The number of carboxylic acids is 1. The Morgan fingerprint density at radius 3 is 1.47 bits per heavy atom. The molecule has 0 aliphatic rings. The van der Waals surface area contributed by atoms with Crippen molar-refractivity contribution in [2.24, 2.45) is 0 Å². The summed E-state index contributed by atoms with van der Waals surface area (Å²) in [4.78, 5) is 36.9. The summed E-state index contributed by atoms with van der Waals surface area (Å²) in [7, 11) is 5.52. The summed E-state index contributed by atoms with van der Waals surface area (Å²) >= 11 is 0. The molecule has 8 heteroatoms. The Morgan fingerprint density at radius 1 is 0.544 bits per heavy atom. The number of carboxylic acid groups (broad SMARTS) is 1. The fourth-order valence-electron chi connectivity index (χ4n) is 6.62. The van der Waals surface area contributed by atoms with Crippen LogP contribution in [-0.4, -0.2) is 80.6 Å². The fraction of sp³-hybridized carbons (Fsp3) is 0.776. The normalized spacial score (nSPS) is 13.4. The number of rotatable bonds is 41. The monoisotopic (exact) mass is 803 g/mol. The van der Waals surface area contributed by atoms with E-state index < -0.39 is 18.1 Å². The van der Waals surface area contributed by atoms with Gasteiger partial charge in [-0.2, -0.15) is 0 Å². The highest BCUT2D eigenvalue weighted by Gasteiger charge is 2.31. The molecule has 0 amide bonds.